The molecule has 1 aliphatic heterocycles. The van der Waals surface area contributed by atoms with Crippen LogP contribution in [0.2, 0.25) is 0 Å². The second-order valence-electron chi connectivity index (χ2n) is 8.35. The molecular weight excluding hydrogens is 413 g/mol. The maximum absolute atomic E-state index is 13.3. The summed E-state index contributed by atoms with van der Waals surface area (Å²) in [6.45, 7) is 4.18. The van der Waals surface area contributed by atoms with Crippen molar-refractivity contribution < 1.29 is 23.6 Å². The normalized spacial score (nSPS) is 20.8. The molecule has 1 aromatic carbocycles. The number of rotatable bonds is 9. The van der Waals surface area contributed by atoms with Crippen molar-refractivity contribution in [1.29, 1.82) is 0 Å². The number of likely N-dealkylation sites (tertiary alicyclic amines) is 1. The minimum absolute atomic E-state index is 0.00723. The summed E-state index contributed by atoms with van der Waals surface area (Å²) in [4.78, 5) is 53.6. The zero-order chi connectivity index (χ0) is 23.3. The van der Waals surface area contributed by atoms with Crippen LogP contribution in [0, 0.1) is 17.7 Å². The minimum Gasteiger partial charge on any atom is -0.354 e. The molecule has 172 valence electrons. The van der Waals surface area contributed by atoms with E-state index in [1.807, 2.05) is 19.1 Å². The van der Waals surface area contributed by atoms with Crippen molar-refractivity contribution in [3.05, 3.63) is 47.8 Å². The standard InChI is InChI=1S/C24H30FN3O4/c1-3-13-26-22(30)16(2)28(15-17-8-10-18(25)11-9-17)21(29)12-14-27-23(31)19-6-4-5-7-20(19)24(27)32/h4-5,8-11,16,19-20H,3,6-7,12-15H2,1-2H3,(H,26,30)/t16?,19-,20+. The highest BCUT2D eigenvalue weighted by Gasteiger charge is 2.47. The first-order chi connectivity index (χ1) is 15.3. The van der Waals surface area contributed by atoms with Gasteiger partial charge in [-0.25, -0.2) is 4.39 Å². The summed E-state index contributed by atoms with van der Waals surface area (Å²) < 4.78 is 13.3. The molecule has 2 aliphatic rings. The molecule has 3 atom stereocenters. The Morgan fingerprint density at radius 3 is 2.28 bits per heavy atom. The quantitative estimate of drug-likeness (QED) is 0.469. The Labute approximate surface area is 187 Å². The van der Waals surface area contributed by atoms with Gasteiger partial charge in [0.1, 0.15) is 11.9 Å². The molecular formula is C24H30FN3O4. The highest BCUT2D eigenvalue weighted by atomic mass is 19.1. The first-order valence-electron chi connectivity index (χ1n) is 11.1. The Balaban J connectivity index is 1.70. The van der Waals surface area contributed by atoms with Crippen molar-refractivity contribution in [3.63, 3.8) is 0 Å². The van der Waals surface area contributed by atoms with E-state index in [1.54, 1.807) is 19.1 Å². The van der Waals surface area contributed by atoms with Gasteiger partial charge in [0.25, 0.3) is 0 Å². The number of amides is 4. The van der Waals surface area contributed by atoms with Crippen LogP contribution in [0.15, 0.2) is 36.4 Å². The van der Waals surface area contributed by atoms with E-state index in [-0.39, 0.29) is 60.8 Å². The SMILES string of the molecule is CCCNC(=O)C(C)N(Cc1ccc(F)cc1)C(=O)CCN1C(=O)[C@H]2CC=CC[C@H]2C1=O. The maximum atomic E-state index is 13.3. The van der Waals surface area contributed by atoms with Gasteiger partial charge in [-0.1, -0.05) is 31.2 Å². The molecule has 32 heavy (non-hydrogen) atoms. The lowest BCUT2D eigenvalue weighted by Gasteiger charge is -2.29. The van der Waals surface area contributed by atoms with Crippen molar-refractivity contribution in [1.82, 2.24) is 15.1 Å². The lowest BCUT2D eigenvalue weighted by atomic mass is 9.85. The van der Waals surface area contributed by atoms with Gasteiger partial charge in [0.05, 0.1) is 11.8 Å². The predicted molar refractivity (Wildman–Crippen MR) is 116 cm³/mol. The third-order valence-corrected chi connectivity index (χ3v) is 6.13. The van der Waals surface area contributed by atoms with Crippen LogP contribution in [0.5, 0.6) is 0 Å². The molecule has 1 aromatic rings. The van der Waals surface area contributed by atoms with Crippen LogP contribution in [0.1, 0.15) is 45.1 Å². The number of carbonyl (C=O) groups is 4. The summed E-state index contributed by atoms with van der Waals surface area (Å²) in [5, 5.41) is 2.79. The van der Waals surface area contributed by atoms with E-state index in [0.717, 1.165) is 6.42 Å². The Morgan fingerprint density at radius 2 is 1.72 bits per heavy atom. The lowest BCUT2D eigenvalue weighted by molar-refractivity contribution is -0.143. The third kappa shape index (κ3) is 5.23. The molecule has 7 nitrogen and oxygen atoms in total. The summed E-state index contributed by atoms with van der Waals surface area (Å²) >= 11 is 0. The summed E-state index contributed by atoms with van der Waals surface area (Å²) in [5.74, 6) is -2.14. The second kappa shape index (κ2) is 10.5. The Morgan fingerprint density at radius 1 is 1.12 bits per heavy atom. The van der Waals surface area contributed by atoms with Gasteiger partial charge in [0, 0.05) is 26.1 Å². The van der Waals surface area contributed by atoms with Crippen molar-refractivity contribution in [2.75, 3.05) is 13.1 Å². The van der Waals surface area contributed by atoms with Gasteiger partial charge in [0.15, 0.2) is 0 Å². The van der Waals surface area contributed by atoms with Gasteiger partial charge in [0.2, 0.25) is 23.6 Å². The fraction of sp³-hybridized carbons (Fsp3) is 0.500. The summed E-state index contributed by atoms with van der Waals surface area (Å²) in [5.41, 5.74) is 0.681. The molecule has 1 N–H and O–H groups in total. The average molecular weight is 444 g/mol. The molecule has 0 bridgehead atoms. The molecule has 1 unspecified atom stereocenters. The first-order valence-corrected chi connectivity index (χ1v) is 11.1. The molecule has 1 saturated heterocycles. The van der Waals surface area contributed by atoms with E-state index in [9.17, 15) is 23.6 Å². The minimum atomic E-state index is -0.754. The van der Waals surface area contributed by atoms with Crippen molar-refractivity contribution in [2.45, 2.75) is 52.1 Å². The number of fused-ring (bicyclic) bond motifs is 1. The van der Waals surface area contributed by atoms with E-state index in [1.165, 1.54) is 21.9 Å². The number of allylic oxidation sites excluding steroid dienone is 2. The van der Waals surface area contributed by atoms with Crippen molar-refractivity contribution in [2.24, 2.45) is 11.8 Å². The van der Waals surface area contributed by atoms with Crippen molar-refractivity contribution in [3.8, 4) is 0 Å². The van der Waals surface area contributed by atoms with Gasteiger partial charge < -0.3 is 10.2 Å². The van der Waals surface area contributed by atoms with Crippen LogP contribution in [0.4, 0.5) is 4.39 Å². The van der Waals surface area contributed by atoms with E-state index < -0.39 is 6.04 Å². The van der Waals surface area contributed by atoms with E-state index in [2.05, 4.69) is 5.32 Å². The summed E-state index contributed by atoms with van der Waals surface area (Å²) in [6.07, 6.45) is 5.62. The van der Waals surface area contributed by atoms with Crippen LogP contribution < -0.4 is 5.32 Å². The summed E-state index contributed by atoms with van der Waals surface area (Å²) in [6, 6.07) is 4.99. The van der Waals surface area contributed by atoms with Crippen LogP contribution in [-0.4, -0.2) is 52.6 Å². The van der Waals surface area contributed by atoms with Gasteiger partial charge in [-0.05, 0) is 43.9 Å². The van der Waals surface area contributed by atoms with Gasteiger partial charge in [-0.15, -0.1) is 0 Å². The fourth-order valence-electron chi connectivity index (χ4n) is 4.21. The van der Waals surface area contributed by atoms with Gasteiger partial charge >= 0.3 is 0 Å². The molecule has 0 radical (unpaired) electrons. The zero-order valence-electron chi connectivity index (χ0n) is 18.6. The predicted octanol–water partition coefficient (Wildman–Crippen LogP) is 2.41. The van der Waals surface area contributed by atoms with E-state index >= 15 is 0 Å². The maximum Gasteiger partial charge on any atom is 0.242 e. The fourth-order valence-corrected chi connectivity index (χ4v) is 4.21. The number of benzene rings is 1. The van der Waals surface area contributed by atoms with E-state index in [4.69, 9.17) is 0 Å². The molecule has 0 spiro atoms. The zero-order valence-corrected chi connectivity index (χ0v) is 18.6. The molecule has 0 saturated carbocycles. The number of carbonyl (C=O) groups excluding carboxylic acids is 4. The first kappa shape index (κ1) is 23.6. The van der Waals surface area contributed by atoms with Crippen LogP contribution in [0.3, 0.4) is 0 Å². The Kier molecular flexibility index (Phi) is 7.77. The summed E-state index contributed by atoms with van der Waals surface area (Å²) in [7, 11) is 0. The number of hydrogen-bond acceptors (Lipinski definition) is 4. The van der Waals surface area contributed by atoms with Crippen molar-refractivity contribution >= 4 is 23.6 Å². The third-order valence-electron chi connectivity index (χ3n) is 6.13. The molecule has 1 fully saturated rings. The molecule has 1 aliphatic carbocycles. The van der Waals surface area contributed by atoms with Crippen LogP contribution in [0.25, 0.3) is 0 Å². The second-order valence-corrected chi connectivity index (χ2v) is 8.35. The number of halogens is 1. The highest BCUT2D eigenvalue weighted by Crippen LogP contribution is 2.35. The van der Waals surface area contributed by atoms with Crippen LogP contribution >= 0.6 is 0 Å². The van der Waals surface area contributed by atoms with Gasteiger partial charge in [-0.2, -0.15) is 0 Å². The molecule has 1 heterocycles. The number of nitrogens with zero attached hydrogens (tertiary/aromatic N) is 2. The highest BCUT2D eigenvalue weighted by molar-refractivity contribution is 6.05. The monoisotopic (exact) mass is 443 g/mol. The lowest BCUT2D eigenvalue weighted by Crippen LogP contribution is -2.48. The van der Waals surface area contributed by atoms with Gasteiger partial charge in [-0.3, -0.25) is 24.1 Å². The van der Waals surface area contributed by atoms with E-state index in [0.29, 0.717) is 24.9 Å². The average Bonchev–Trinajstić information content (AvgIpc) is 3.04. The smallest absolute Gasteiger partial charge is 0.242 e. The number of nitrogens with one attached hydrogen (secondary N) is 1. The largest absolute Gasteiger partial charge is 0.354 e. The Hall–Kier alpha value is -3.03. The molecule has 3 rings (SSSR count). The van der Waals surface area contributed by atoms with Crippen LogP contribution in [-0.2, 0) is 25.7 Å². The molecule has 8 heteroatoms. The molecule has 4 amide bonds. The molecule has 0 aromatic heterocycles. The number of hydrogen-bond donors (Lipinski definition) is 1. The topological polar surface area (TPSA) is 86.8 Å². The number of imide groups is 1. The Bertz CT molecular complexity index is 873.